The van der Waals surface area contributed by atoms with E-state index in [-0.39, 0.29) is 0 Å². The van der Waals surface area contributed by atoms with E-state index in [9.17, 15) is 0 Å². The SMILES string of the molecule is CCc1ccc(CC(C)OC)s1. The molecule has 12 heavy (non-hydrogen) atoms. The third-order valence-electron chi connectivity index (χ3n) is 1.96. The van der Waals surface area contributed by atoms with Gasteiger partial charge in [-0.1, -0.05) is 6.92 Å². The summed E-state index contributed by atoms with van der Waals surface area (Å²) in [6.07, 6.45) is 2.53. The van der Waals surface area contributed by atoms with Crippen molar-refractivity contribution in [1.29, 1.82) is 0 Å². The molecule has 0 bridgehead atoms. The Balaban J connectivity index is 2.52. The second-order valence-electron chi connectivity index (χ2n) is 2.97. The van der Waals surface area contributed by atoms with Gasteiger partial charge in [-0.05, 0) is 25.5 Å². The van der Waals surface area contributed by atoms with E-state index >= 15 is 0 Å². The quantitative estimate of drug-likeness (QED) is 0.699. The van der Waals surface area contributed by atoms with Crippen LogP contribution in [0.2, 0.25) is 0 Å². The molecule has 0 N–H and O–H groups in total. The van der Waals surface area contributed by atoms with Crippen LogP contribution in [-0.4, -0.2) is 13.2 Å². The first-order valence-electron chi connectivity index (χ1n) is 4.36. The Bertz CT molecular complexity index is 229. The predicted octanol–water partition coefficient (Wildman–Crippen LogP) is 2.89. The Labute approximate surface area is 78.4 Å². The van der Waals surface area contributed by atoms with Crippen LogP contribution in [0.25, 0.3) is 0 Å². The molecule has 0 aliphatic rings. The summed E-state index contributed by atoms with van der Waals surface area (Å²) in [5.41, 5.74) is 0. The smallest absolute Gasteiger partial charge is 0.0591 e. The van der Waals surface area contributed by atoms with E-state index < -0.39 is 0 Å². The van der Waals surface area contributed by atoms with Gasteiger partial charge >= 0.3 is 0 Å². The summed E-state index contributed by atoms with van der Waals surface area (Å²) >= 11 is 1.90. The van der Waals surface area contributed by atoms with Gasteiger partial charge in [0, 0.05) is 23.3 Å². The Morgan fingerprint density at radius 2 is 2.08 bits per heavy atom. The van der Waals surface area contributed by atoms with Crippen molar-refractivity contribution in [3.05, 3.63) is 21.9 Å². The highest BCUT2D eigenvalue weighted by Gasteiger charge is 2.03. The summed E-state index contributed by atoms with van der Waals surface area (Å²) in [6.45, 7) is 4.29. The van der Waals surface area contributed by atoms with Crippen LogP contribution in [0.1, 0.15) is 23.6 Å². The van der Waals surface area contributed by atoms with Crippen molar-refractivity contribution in [3.8, 4) is 0 Å². The molecule has 0 spiro atoms. The number of thiophene rings is 1. The van der Waals surface area contributed by atoms with Gasteiger partial charge in [0.15, 0.2) is 0 Å². The molecule has 1 rings (SSSR count). The Morgan fingerprint density at radius 1 is 1.42 bits per heavy atom. The van der Waals surface area contributed by atoms with Gasteiger partial charge in [0.05, 0.1) is 6.10 Å². The molecule has 0 radical (unpaired) electrons. The second kappa shape index (κ2) is 4.63. The van der Waals surface area contributed by atoms with Crippen molar-refractivity contribution >= 4 is 11.3 Å². The lowest BCUT2D eigenvalue weighted by molar-refractivity contribution is 0.119. The lowest BCUT2D eigenvalue weighted by Gasteiger charge is -2.06. The van der Waals surface area contributed by atoms with Crippen LogP contribution in [0.15, 0.2) is 12.1 Å². The zero-order chi connectivity index (χ0) is 8.97. The lowest BCUT2D eigenvalue weighted by Crippen LogP contribution is -2.06. The van der Waals surface area contributed by atoms with Crippen molar-refractivity contribution in [3.63, 3.8) is 0 Å². The van der Waals surface area contributed by atoms with E-state index in [1.807, 2.05) is 11.3 Å². The van der Waals surface area contributed by atoms with Crippen molar-refractivity contribution in [2.24, 2.45) is 0 Å². The summed E-state index contributed by atoms with van der Waals surface area (Å²) in [7, 11) is 1.76. The number of hydrogen-bond acceptors (Lipinski definition) is 2. The lowest BCUT2D eigenvalue weighted by atomic mass is 10.2. The van der Waals surface area contributed by atoms with Gasteiger partial charge in [0.2, 0.25) is 0 Å². The molecular weight excluding hydrogens is 168 g/mol. The van der Waals surface area contributed by atoms with E-state index in [2.05, 4.69) is 26.0 Å². The van der Waals surface area contributed by atoms with E-state index in [1.54, 1.807) is 7.11 Å². The minimum Gasteiger partial charge on any atom is -0.381 e. The standard InChI is InChI=1S/C10H16OS/c1-4-9-5-6-10(12-9)7-8(2)11-3/h5-6,8H,4,7H2,1-3H3. The summed E-state index contributed by atoms with van der Waals surface area (Å²) < 4.78 is 5.20. The van der Waals surface area contributed by atoms with E-state index in [1.165, 1.54) is 9.75 Å². The highest BCUT2D eigenvalue weighted by Crippen LogP contribution is 2.18. The Hall–Kier alpha value is -0.340. The molecule has 0 aromatic carbocycles. The molecule has 1 aromatic rings. The van der Waals surface area contributed by atoms with Crippen molar-refractivity contribution in [1.82, 2.24) is 0 Å². The van der Waals surface area contributed by atoms with Gasteiger partial charge in [-0.2, -0.15) is 0 Å². The zero-order valence-corrected chi connectivity index (χ0v) is 8.78. The van der Waals surface area contributed by atoms with Crippen LogP contribution >= 0.6 is 11.3 Å². The van der Waals surface area contributed by atoms with Gasteiger partial charge < -0.3 is 4.74 Å². The van der Waals surface area contributed by atoms with Crippen LogP contribution in [0.3, 0.4) is 0 Å². The second-order valence-corrected chi connectivity index (χ2v) is 4.22. The molecular formula is C10H16OS. The number of hydrogen-bond donors (Lipinski definition) is 0. The number of aryl methyl sites for hydroxylation is 1. The first-order valence-corrected chi connectivity index (χ1v) is 5.18. The summed E-state index contributed by atoms with van der Waals surface area (Å²) in [5.74, 6) is 0. The number of methoxy groups -OCH3 is 1. The molecule has 1 heterocycles. The normalized spacial score (nSPS) is 13.2. The fourth-order valence-corrected chi connectivity index (χ4v) is 2.16. The van der Waals surface area contributed by atoms with Gasteiger partial charge in [0.25, 0.3) is 0 Å². The van der Waals surface area contributed by atoms with Crippen LogP contribution < -0.4 is 0 Å². The van der Waals surface area contributed by atoms with Gasteiger partial charge in [0.1, 0.15) is 0 Å². The maximum absolute atomic E-state index is 5.20. The molecule has 1 atom stereocenters. The monoisotopic (exact) mass is 184 g/mol. The number of rotatable bonds is 4. The topological polar surface area (TPSA) is 9.23 Å². The maximum Gasteiger partial charge on any atom is 0.0591 e. The van der Waals surface area contributed by atoms with Gasteiger partial charge in [-0.25, -0.2) is 0 Å². The summed E-state index contributed by atoms with van der Waals surface area (Å²) in [6, 6.07) is 4.42. The molecule has 1 aromatic heterocycles. The van der Waals surface area contributed by atoms with E-state index in [4.69, 9.17) is 4.74 Å². The molecule has 1 nitrogen and oxygen atoms in total. The van der Waals surface area contributed by atoms with E-state index in [0.29, 0.717) is 6.10 Å². The van der Waals surface area contributed by atoms with Crippen molar-refractivity contribution in [2.75, 3.05) is 7.11 Å². The van der Waals surface area contributed by atoms with Crippen LogP contribution in [-0.2, 0) is 17.6 Å². The fourth-order valence-electron chi connectivity index (χ4n) is 1.09. The molecule has 0 fully saturated rings. The number of ether oxygens (including phenoxy) is 1. The molecule has 0 aliphatic heterocycles. The molecule has 68 valence electrons. The average molecular weight is 184 g/mol. The molecule has 0 saturated carbocycles. The van der Waals surface area contributed by atoms with E-state index in [0.717, 1.165) is 12.8 Å². The molecule has 0 amide bonds. The van der Waals surface area contributed by atoms with Crippen molar-refractivity contribution in [2.45, 2.75) is 32.8 Å². The predicted molar refractivity (Wildman–Crippen MR) is 53.9 cm³/mol. The molecule has 2 heteroatoms. The van der Waals surface area contributed by atoms with Crippen LogP contribution in [0.5, 0.6) is 0 Å². The Morgan fingerprint density at radius 3 is 2.58 bits per heavy atom. The third-order valence-corrected chi connectivity index (χ3v) is 3.21. The molecule has 0 saturated heterocycles. The minimum atomic E-state index is 0.341. The van der Waals surface area contributed by atoms with Crippen molar-refractivity contribution < 1.29 is 4.74 Å². The summed E-state index contributed by atoms with van der Waals surface area (Å²) in [5, 5.41) is 0. The van der Waals surface area contributed by atoms with Crippen LogP contribution in [0.4, 0.5) is 0 Å². The largest absolute Gasteiger partial charge is 0.381 e. The Kier molecular flexibility index (Phi) is 3.76. The molecule has 1 unspecified atom stereocenters. The fraction of sp³-hybridized carbons (Fsp3) is 0.600. The highest BCUT2D eigenvalue weighted by atomic mass is 32.1. The zero-order valence-electron chi connectivity index (χ0n) is 7.96. The first-order chi connectivity index (χ1) is 5.76. The summed E-state index contributed by atoms with van der Waals surface area (Å²) in [4.78, 5) is 2.90. The van der Waals surface area contributed by atoms with Gasteiger partial charge in [-0.3, -0.25) is 0 Å². The molecule has 0 aliphatic carbocycles. The van der Waals surface area contributed by atoms with Gasteiger partial charge in [-0.15, -0.1) is 11.3 Å². The first kappa shape index (κ1) is 9.75. The highest BCUT2D eigenvalue weighted by molar-refractivity contribution is 7.11. The third kappa shape index (κ3) is 2.61. The minimum absolute atomic E-state index is 0.341. The maximum atomic E-state index is 5.20. The van der Waals surface area contributed by atoms with Crippen LogP contribution in [0, 0.1) is 0 Å². The average Bonchev–Trinajstić information content (AvgIpc) is 2.52.